The van der Waals surface area contributed by atoms with Gasteiger partial charge in [0.05, 0.1) is 5.69 Å². The Bertz CT molecular complexity index is 946. The molecule has 0 aromatic heterocycles. The van der Waals surface area contributed by atoms with Gasteiger partial charge in [-0.2, -0.15) is 0 Å². The number of thioether (sulfide) groups is 1. The van der Waals surface area contributed by atoms with Crippen LogP contribution in [0.25, 0.3) is 0 Å². The predicted octanol–water partition coefficient (Wildman–Crippen LogP) is 2.99. The summed E-state index contributed by atoms with van der Waals surface area (Å²) in [5.41, 5.74) is 1.32. The van der Waals surface area contributed by atoms with Crippen molar-refractivity contribution in [1.29, 1.82) is 0 Å². The quantitative estimate of drug-likeness (QED) is 0.744. The van der Waals surface area contributed by atoms with E-state index in [0.717, 1.165) is 10.6 Å². The zero-order valence-corrected chi connectivity index (χ0v) is 16.4. The number of fused-ring (bicyclic) bond motifs is 3. The molecule has 28 heavy (non-hydrogen) atoms. The molecule has 2 aliphatic heterocycles. The molecule has 0 radical (unpaired) electrons. The lowest BCUT2D eigenvalue weighted by atomic mass is 10.1. The summed E-state index contributed by atoms with van der Waals surface area (Å²) in [5, 5.41) is 0. The highest BCUT2D eigenvalue weighted by Crippen LogP contribution is 2.56. The van der Waals surface area contributed by atoms with E-state index in [1.807, 2.05) is 30.3 Å². The first-order chi connectivity index (χ1) is 13.4. The van der Waals surface area contributed by atoms with Crippen LogP contribution in [0.4, 0.5) is 5.69 Å². The lowest BCUT2D eigenvalue weighted by molar-refractivity contribution is -0.161. The van der Waals surface area contributed by atoms with Crippen LogP contribution in [0.5, 0.6) is 0 Å². The fraction of sp³-hybridized carbons (Fsp3) is 0.286. The standard InChI is InChI=1S/C21H20N2O4S/c1-22(2)19(25)18(14-8-4-3-5-9-14)27-20(26)21-13-12-17(24)23(21)15-10-6-7-11-16(15)28-21/h3-11,18H,12-13H2,1-2H3/t18-,21-/m0/s1. The van der Waals surface area contributed by atoms with E-state index in [0.29, 0.717) is 12.0 Å². The number of ether oxygens (including phenoxy) is 1. The minimum Gasteiger partial charge on any atom is -0.445 e. The number of nitrogens with zero attached hydrogens (tertiary/aromatic N) is 2. The molecule has 0 saturated carbocycles. The molecule has 6 nitrogen and oxygen atoms in total. The molecule has 2 heterocycles. The minimum atomic E-state index is -1.15. The summed E-state index contributed by atoms with van der Waals surface area (Å²) >= 11 is 1.33. The van der Waals surface area contributed by atoms with Gasteiger partial charge in [0.1, 0.15) is 0 Å². The Kier molecular flexibility index (Phi) is 4.63. The van der Waals surface area contributed by atoms with E-state index in [-0.39, 0.29) is 18.2 Å². The number of rotatable bonds is 4. The molecule has 0 spiro atoms. The van der Waals surface area contributed by atoms with E-state index < -0.39 is 16.9 Å². The molecular formula is C21H20N2O4S. The molecule has 2 amide bonds. The number of carbonyl (C=O) groups excluding carboxylic acids is 3. The van der Waals surface area contributed by atoms with Gasteiger partial charge in [0.2, 0.25) is 12.0 Å². The first-order valence-corrected chi connectivity index (χ1v) is 9.84. The lowest BCUT2D eigenvalue weighted by Gasteiger charge is -2.31. The molecule has 4 rings (SSSR count). The summed E-state index contributed by atoms with van der Waals surface area (Å²) in [4.78, 5) is 41.3. The van der Waals surface area contributed by atoms with Gasteiger partial charge in [-0.25, -0.2) is 4.79 Å². The summed E-state index contributed by atoms with van der Waals surface area (Å²) in [6.45, 7) is 0. The van der Waals surface area contributed by atoms with Crippen molar-refractivity contribution in [1.82, 2.24) is 4.90 Å². The third-order valence-electron chi connectivity index (χ3n) is 4.98. The first kappa shape index (κ1) is 18.6. The van der Waals surface area contributed by atoms with Crippen molar-refractivity contribution in [3.05, 3.63) is 60.2 Å². The van der Waals surface area contributed by atoms with E-state index in [2.05, 4.69) is 0 Å². The van der Waals surface area contributed by atoms with Crippen molar-refractivity contribution >= 4 is 35.2 Å². The third kappa shape index (κ3) is 2.86. The number of para-hydroxylation sites is 1. The zero-order valence-electron chi connectivity index (χ0n) is 15.6. The molecule has 2 aromatic rings. The Morgan fingerprint density at radius 1 is 1.11 bits per heavy atom. The molecule has 7 heteroatoms. The average Bonchev–Trinajstić information content (AvgIpc) is 3.22. The van der Waals surface area contributed by atoms with E-state index in [9.17, 15) is 14.4 Å². The Hall–Kier alpha value is -2.80. The number of hydrogen-bond donors (Lipinski definition) is 0. The highest BCUT2D eigenvalue weighted by molar-refractivity contribution is 8.02. The molecule has 1 saturated heterocycles. The largest absolute Gasteiger partial charge is 0.445 e. The fourth-order valence-corrected chi connectivity index (χ4v) is 5.00. The molecule has 144 valence electrons. The highest BCUT2D eigenvalue weighted by atomic mass is 32.2. The number of amides is 2. The predicted molar refractivity (Wildman–Crippen MR) is 106 cm³/mol. The van der Waals surface area contributed by atoms with Gasteiger partial charge in [0.25, 0.3) is 5.91 Å². The summed E-state index contributed by atoms with van der Waals surface area (Å²) in [5.74, 6) is -1.000. The van der Waals surface area contributed by atoms with Gasteiger partial charge < -0.3 is 9.64 Å². The number of carbonyl (C=O) groups is 3. The Morgan fingerprint density at radius 2 is 1.79 bits per heavy atom. The second-order valence-corrected chi connectivity index (χ2v) is 8.33. The number of anilines is 1. The minimum absolute atomic E-state index is 0.107. The van der Waals surface area contributed by atoms with E-state index in [4.69, 9.17) is 4.74 Å². The van der Waals surface area contributed by atoms with Crippen LogP contribution in [-0.4, -0.2) is 41.6 Å². The molecule has 0 aliphatic carbocycles. The van der Waals surface area contributed by atoms with Gasteiger partial charge in [0.15, 0.2) is 4.87 Å². The van der Waals surface area contributed by atoms with Crippen LogP contribution in [0.15, 0.2) is 59.5 Å². The van der Waals surface area contributed by atoms with Crippen molar-refractivity contribution in [2.24, 2.45) is 0 Å². The maximum absolute atomic E-state index is 13.4. The van der Waals surface area contributed by atoms with Crippen LogP contribution < -0.4 is 4.90 Å². The summed E-state index contributed by atoms with van der Waals surface area (Å²) in [6, 6.07) is 16.4. The molecule has 1 fully saturated rings. The van der Waals surface area contributed by atoms with Gasteiger partial charge in [-0.05, 0) is 12.1 Å². The summed E-state index contributed by atoms with van der Waals surface area (Å²) in [6.07, 6.45) is -0.435. The third-order valence-corrected chi connectivity index (χ3v) is 6.44. The Labute approximate surface area is 167 Å². The monoisotopic (exact) mass is 396 g/mol. The molecule has 2 aromatic carbocycles. The van der Waals surface area contributed by atoms with Gasteiger partial charge in [-0.3, -0.25) is 14.5 Å². The summed E-state index contributed by atoms with van der Waals surface area (Å²) < 4.78 is 5.78. The normalized spacial score (nSPS) is 21.1. The smallest absolute Gasteiger partial charge is 0.344 e. The van der Waals surface area contributed by atoms with Crippen molar-refractivity contribution < 1.29 is 19.1 Å². The van der Waals surface area contributed by atoms with Crippen LogP contribution in [-0.2, 0) is 19.1 Å². The second kappa shape index (κ2) is 6.98. The van der Waals surface area contributed by atoms with Crippen LogP contribution in [0, 0.1) is 0 Å². The topological polar surface area (TPSA) is 66.9 Å². The van der Waals surface area contributed by atoms with E-state index in [1.165, 1.54) is 21.6 Å². The van der Waals surface area contributed by atoms with Crippen molar-refractivity contribution in [2.75, 3.05) is 19.0 Å². The maximum Gasteiger partial charge on any atom is 0.344 e. The molecule has 0 N–H and O–H groups in total. The number of esters is 1. The van der Waals surface area contributed by atoms with Gasteiger partial charge in [-0.15, -0.1) is 0 Å². The number of benzene rings is 2. The van der Waals surface area contributed by atoms with Gasteiger partial charge in [0, 0.05) is 37.4 Å². The number of hydrogen-bond acceptors (Lipinski definition) is 5. The van der Waals surface area contributed by atoms with Crippen molar-refractivity contribution in [2.45, 2.75) is 28.7 Å². The van der Waals surface area contributed by atoms with Crippen LogP contribution >= 0.6 is 11.8 Å². The average molecular weight is 396 g/mol. The molecular weight excluding hydrogens is 376 g/mol. The Morgan fingerprint density at radius 3 is 2.50 bits per heavy atom. The van der Waals surface area contributed by atoms with E-state index >= 15 is 0 Å². The summed E-state index contributed by atoms with van der Waals surface area (Å²) in [7, 11) is 3.24. The molecule has 0 bridgehead atoms. The van der Waals surface area contributed by atoms with Crippen molar-refractivity contribution in [3.8, 4) is 0 Å². The van der Waals surface area contributed by atoms with Crippen LogP contribution in [0.2, 0.25) is 0 Å². The lowest BCUT2D eigenvalue weighted by Crippen LogP contribution is -2.49. The Balaban J connectivity index is 1.68. The van der Waals surface area contributed by atoms with Crippen LogP contribution in [0.3, 0.4) is 0 Å². The molecule has 2 atom stereocenters. The maximum atomic E-state index is 13.4. The second-order valence-electron chi connectivity index (χ2n) is 7.01. The van der Waals surface area contributed by atoms with Gasteiger partial charge >= 0.3 is 5.97 Å². The SMILES string of the molecule is CN(C)C(=O)[C@@H](OC(=O)[C@@]12CCC(=O)N1c1ccccc1S2)c1ccccc1. The van der Waals surface area contributed by atoms with Gasteiger partial charge in [-0.1, -0.05) is 54.2 Å². The zero-order chi connectivity index (χ0) is 19.9. The molecule has 0 unspecified atom stereocenters. The van der Waals surface area contributed by atoms with Crippen molar-refractivity contribution in [3.63, 3.8) is 0 Å². The number of likely N-dealkylation sites (N-methyl/N-ethyl adjacent to an activating group) is 1. The first-order valence-electron chi connectivity index (χ1n) is 9.02. The fourth-order valence-electron chi connectivity index (χ4n) is 3.59. The highest BCUT2D eigenvalue weighted by Gasteiger charge is 2.59. The molecule has 2 aliphatic rings. The van der Waals surface area contributed by atoms with Crippen LogP contribution in [0.1, 0.15) is 24.5 Å². The van der Waals surface area contributed by atoms with E-state index in [1.54, 1.807) is 38.4 Å².